The summed E-state index contributed by atoms with van der Waals surface area (Å²) in [6.45, 7) is 3.21. The lowest BCUT2D eigenvalue weighted by Crippen LogP contribution is -2.23. The number of esters is 1. The van der Waals surface area contributed by atoms with Crippen molar-refractivity contribution in [3.05, 3.63) is 64.2 Å². The average molecular weight is 386 g/mol. The minimum absolute atomic E-state index is 0.0460. The molecule has 0 aliphatic rings. The molecular formula is C20H22N2O6. The number of ether oxygens (including phenoxy) is 2. The zero-order valence-electron chi connectivity index (χ0n) is 15.7. The molecule has 0 saturated heterocycles. The second-order valence-corrected chi connectivity index (χ2v) is 6.15. The fourth-order valence-corrected chi connectivity index (χ4v) is 2.38. The summed E-state index contributed by atoms with van der Waals surface area (Å²) < 4.78 is 9.94. The molecule has 0 spiro atoms. The van der Waals surface area contributed by atoms with E-state index in [9.17, 15) is 19.7 Å². The fourth-order valence-electron chi connectivity index (χ4n) is 2.38. The number of para-hydroxylation sites is 2. The Morgan fingerprint density at radius 1 is 1.11 bits per heavy atom. The standard InChI is InChI=1S/C20H22N2O6/c1-3-14(2)15-8-10-16(11-9-15)21-19(23)12-28-20(24)13-27-18-7-5-4-6-17(18)22(25)26/h4-11,14H,3,12-13H2,1-2H3,(H,21,23)/t14-/m0/s1. The second-order valence-electron chi connectivity index (χ2n) is 6.15. The van der Waals surface area contributed by atoms with Crippen molar-refractivity contribution in [1.82, 2.24) is 0 Å². The molecule has 148 valence electrons. The normalized spacial score (nSPS) is 11.4. The van der Waals surface area contributed by atoms with Gasteiger partial charge in [-0.2, -0.15) is 0 Å². The van der Waals surface area contributed by atoms with E-state index in [-0.39, 0.29) is 11.4 Å². The van der Waals surface area contributed by atoms with Crippen LogP contribution >= 0.6 is 0 Å². The van der Waals surface area contributed by atoms with Crippen LogP contribution in [0.3, 0.4) is 0 Å². The van der Waals surface area contributed by atoms with Crippen LogP contribution < -0.4 is 10.1 Å². The van der Waals surface area contributed by atoms with E-state index in [1.54, 1.807) is 18.2 Å². The number of nitro benzene ring substituents is 1. The van der Waals surface area contributed by atoms with Crippen molar-refractivity contribution in [2.45, 2.75) is 26.2 Å². The highest BCUT2D eigenvalue weighted by molar-refractivity contribution is 5.92. The van der Waals surface area contributed by atoms with Gasteiger partial charge in [-0.05, 0) is 36.1 Å². The van der Waals surface area contributed by atoms with Crippen molar-refractivity contribution in [2.24, 2.45) is 0 Å². The van der Waals surface area contributed by atoms with Crippen LogP contribution in [0.15, 0.2) is 48.5 Å². The maximum Gasteiger partial charge on any atom is 0.344 e. The Morgan fingerprint density at radius 3 is 2.43 bits per heavy atom. The largest absolute Gasteiger partial charge is 0.475 e. The first-order valence-electron chi connectivity index (χ1n) is 8.82. The van der Waals surface area contributed by atoms with Crippen LogP contribution in [0.4, 0.5) is 11.4 Å². The number of carbonyl (C=O) groups excluding carboxylic acids is 2. The number of carbonyl (C=O) groups is 2. The second kappa shape index (κ2) is 10.1. The van der Waals surface area contributed by atoms with Gasteiger partial charge in [0.15, 0.2) is 19.0 Å². The molecule has 0 bridgehead atoms. The molecule has 0 aliphatic heterocycles. The van der Waals surface area contributed by atoms with Crippen molar-refractivity contribution in [3.63, 3.8) is 0 Å². The monoisotopic (exact) mass is 386 g/mol. The summed E-state index contributed by atoms with van der Waals surface area (Å²) in [5.74, 6) is -0.905. The SMILES string of the molecule is CC[C@H](C)c1ccc(NC(=O)COC(=O)COc2ccccc2[N+](=O)[O-])cc1. The molecule has 2 aromatic rings. The van der Waals surface area contributed by atoms with Crippen LogP contribution in [0.2, 0.25) is 0 Å². The fraction of sp³-hybridized carbons (Fsp3) is 0.300. The summed E-state index contributed by atoms with van der Waals surface area (Å²) in [5, 5.41) is 13.5. The number of amides is 1. The van der Waals surface area contributed by atoms with Crippen molar-refractivity contribution in [1.29, 1.82) is 0 Å². The third-order valence-electron chi connectivity index (χ3n) is 4.15. The molecule has 0 heterocycles. The lowest BCUT2D eigenvalue weighted by Gasteiger charge is -2.11. The lowest BCUT2D eigenvalue weighted by atomic mass is 9.99. The first-order valence-corrected chi connectivity index (χ1v) is 8.82. The number of hydrogen-bond acceptors (Lipinski definition) is 6. The molecule has 1 atom stereocenters. The summed E-state index contributed by atoms with van der Waals surface area (Å²) in [5.41, 5.74) is 1.53. The summed E-state index contributed by atoms with van der Waals surface area (Å²) >= 11 is 0. The molecule has 0 aliphatic carbocycles. The molecule has 2 rings (SSSR count). The van der Waals surface area contributed by atoms with E-state index in [4.69, 9.17) is 9.47 Å². The quantitative estimate of drug-likeness (QED) is 0.400. The van der Waals surface area contributed by atoms with Crippen LogP contribution in [-0.4, -0.2) is 30.0 Å². The van der Waals surface area contributed by atoms with Gasteiger partial charge in [-0.1, -0.05) is 38.1 Å². The topological polar surface area (TPSA) is 108 Å². The third kappa shape index (κ3) is 6.08. The van der Waals surface area contributed by atoms with Crippen molar-refractivity contribution in [2.75, 3.05) is 18.5 Å². The molecule has 1 N–H and O–H groups in total. The highest BCUT2D eigenvalue weighted by atomic mass is 16.6. The lowest BCUT2D eigenvalue weighted by molar-refractivity contribution is -0.385. The number of benzene rings is 2. The predicted molar refractivity (Wildman–Crippen MR) is 103 cm³/mol. The van der Waals surface area contributed by atoms with Gasteiger partial charge in [-0.15, -0.1) is 0 Å². The zero-order valence-corrected chi connectivity index (χ0v) is 15.7. The van der Waals surface area contributed by atoms with Crippen LogP contribution in [0.1, 0.15) is 31.7 Å². The van der Waals surface area contributed by atoms with Gasteiger partial charge < -0.3 is 14.8 Å². The molecule has 8 heteroatoms. The number of nitrogens with one attached hydrogen (secondary N) is 1. The first kappa shape index (κ1) is 20.9. The van der Waals surface area contributed by atoms with E-state index in [0.717, 1.165) is 6.42 Å². The smallest absolute Gasteiger partial charge is 0.344 e. The molecule has 0 unspecified atom stereocenters. The third-order valence-corrected chi connectivity index (χ3v) is 4.15. The first-order chi connectivity index (χ1) is 13.4. The molecule has 1 amide bonds. The van der Waals surface area contributed by atoms with E-state index < -0.39 is 30.0 Å². The van der Waals surface area contributed by atoms with Gasteiger partial charge in [0, 0.05) is 11.8 Å². The van der Waals surface area contributed by atoms with Crippen LogP contribution in [-0.2, 0) is 14.3 Å². The maximum absolute atomic E-state index is 11.9. The summed E-state index contributed by atoms with van der Waals surface area (Å²) in [7, 11) is 0. The van der Waals surface area contributed by atoms with E-state index in [0.29, 0.717) is 11.6 Å². The van der Waals surface area contributed by atoms with E-state index in [2.05, 4.69) is 19.2 Å². The van der Waals surface area contributed by atoms with Crippen LogP contribution in [0, 0.1) is 10.1 Å². The Labute approximate surface area is 162 Å². The number of hydrogen-bond donors (Lipinski definition) is 1. The van der Waals surface area contributed by atoms with E-state index in [1.807, 2.05) is 12.1 Å². The van der Waals surface area contributed by atoms with Gasteiger partial charge in [0.1, 0.15) is 0 Å². The van der Waals surface area contributed by atoms with Gasteiger partial charge in [0.2, 0.25) is 0 Å². The van der Waals surface area contributed by atoms with Crippen molar-refractivity contribution < 1.29 is 24.0 Å². The van der Waals surface area contributed by atoms with Gasteiger partial charge in [0.05, 0.1) is 4.92 Å². The molecule has 0 aromatic heterocycles. The van der Waals surface area contributed by atoms with Gasteiger partial charge in [-0.25, -0.2) is 4.79 Å². The maximum atomic E-state index is 11.9. The number of nitrogens with zero attached hydrogens (tertiary/aromatic N) is 1. The molecule has 28 heavy (non-hydrogen) atoms. The highest BCUT2D eigenvalue weighted by Crippen LogP contribution is 2.25. The summed E-state index contributed by atoms with van der Waals surface area (Å²) in [6, 6.07) is 13.1. The average Bonchev–Trinajstić information content (AvgIpc) is 2.70. The number of anilines is 1. The Kier molecular flexibility index (Phi) is 7.50. The molecule has 2 aromatic carbocycles. The molecule has 8 nitrogen and oxygen atoms in total. The van der Waals surface area contributed by atoms with Gasteiger partial charge in [0.25, 0.3) is 5.91 Å². The number of rotatable bonds is 9. The van der Waals surface area contributed by atoms with Gasteiger partial charge in [-0.3, -0.25) is 14.9 Å². The van der Waals surface area contributed by atoms with Gasteiger partial charge >= 0.3 is 11.7 Å². The minimum Gasteiger partial charge on any atom is -0.475 e. The Morgan fingerprint density at radius 2 is 1.79 bits per heavy atom. The van der Waals surface area contributed by atoms with Crippen molar-refractivity contribution >= 4 is 23.3 Å². The molecule has 0 radical (unpaired) electrons. The Hall–Kier alpha value is -3.42. The van der Waals surface area contributed by atoms with E-state index >= 15 is 0 Å². The Bertz CT molecular complexity index is 835. The minimum atomic E-state index is -0.805. The predicted octanol–water partition coefficient (Wildman–Crippen LogP) is 3.67. The van der Waals surface area contributed by atoms with E-state index in [1.165, 1.54) is 23.8 Å². The number of nitro groups is 1. The Balaban J connectivity index is 1.78. The van der Waals surface area contributed by atoms with Crippen molar-refractivity contribution in [3.8, 4) is 5.75 Å². The summed E-state index contributed by atoms with van der Waals surface area (Å²) in [4.78, 5) is 33.9. The van der Waals surface area contributed by atoms with Crippen LogP contribution in [0.5, 0.6) is 5.75 Å². The summed E-state index contributed by atoms with van der Waals surface area (Å²) in [6.07, 6.45) is 1.02. The zero-order chi connectivity index (χ0) is 20.5. The molecular weight excluding hydrogens is 364 g/mol. The highest BCUT2D eigenvalue weighted by Gasteiger charge is 2.16. The van der Waals surface area contributed by atoms with Crippen LogP contribution in [0.25, 0.3) is 0 Å². The molecule has 0 fully saturated rings. The molecule has 0 saturated carbocycles.